The van der Waals surface area contributed by atoms with Crippen LogP contribution in [-0.2, 0) is 0 Å². The van der Waals surface area contributed by atoms with Crippen molar-refractivity contribution in [3.05, 3.63) is 26.3 Å². The molecule has 15 heavy (non-hydrogen) atoms. The maximum atomic E-state index is 11.6. The second-order valence-electron chi connectivity index (χ2n) is 4.19. The van der Waals surface area contributed by atoms with Gasteiger partial charge in [0.2, 0.25) is 0 Å². The normalized spacial score (nSPS) is 18.0. The molecule has 1 aromatic rings. The SMILES string of the molecule is Cc1nc(C2CCCCC2)c(Br)c(=O)[nH]1. The first-order valence-electron chi connectivity index (χ1n) is 5.45. The minimum atomic E-state index is -0.0527. The highest BCUT2D eigenvalue weighted by atomic mass is 79.9. The Morgan fingerprint density at radius 2 is 2.00 bits per heavy atom. The van der Waals surface area contributed by atoms with E-state index in [1.54, 1.807) is 0 Å². The number of aromatic nitrogens is 2. The smallest absolute Gasteiger partial charge is 0.265 e. The van der Waals surface area contributed by atoms with E-state index in [1.165, 1.54) is 19.3 Å². The Morgan fingerprint density at radius 1 is 1.33 bits per heavy atom. The fourth-order valence-electron chi connectivity index (χ4n) is 2.24. The average molecular weight is 271 g/mol. The van der Waals surface area contributed by atoms with Crippen molar-refractivity contribution in [2.75, 3.05) is 0 Å². The molecule has 0 amide bonds. The number of hydrogen-bond donors (Lipinski definition) is 1. The predicted octanol–water partition coefficient (Wildman–Crippen LogP) is 2.89. The fourth-order valence-corrected chi connectivity index (χ4v) is 2.75. The number of halogens is 1. The lowest BCUT2D eigenvalue weighted by molar-refractivity contribution is 0.434. The van der Waals surface area contributed by atoms with E-state index in [4.69, 9.17) is 0 Å². The first-order valence-corrected chi connectivity index (χ1v) is 6.24. The van der Waals surface area contributed by atoms with Crippen LogP contribution in [0.2, 0.25) is 0 Å². The minimum absolute atomic E-state index is 0.0527. The van der Waals surface area contributed by atoms with E-state index in [0.29, 0.717) is 16.2 Å². The van der Waals surface area contributed by atoms with Gasteiger partial charge >= 0.3 is 0 Å². The summed E-state index contributed by atoms with van der Waals surface area (Å²) in [6.07, 6.45) is 6.15. The Balaban J connectivity index is 2.37. The summed E-state index contributed by atoms with van der Waals surface area (Å²) in [5.41, 5.74) is 0.902. The third-order valence-electron chi connectivity index (χ3n) is 3.00. The molecule has 0 atom stereocenters. The number of aromatic amines is 1. The molecule has 3 nitrogen and oxygen atoms in total. The lowest BCUT2D eigenvalue weighted by atomic mass is 9.87. The third-order valence-corrected chi connectivity index (χ3v) is 3.77. The van der Waals surface area contributed by atoms with Crippen molar-refractivity contribution in [3.63, 3.8) is 0 Å². The van der Waals surface area contributed by atoms with E-state index in [1.807, 2.05) is 6.92 Å². The van der Waals surface area contributed by atoms with Gasteiger partial charge in [-0.2, -0.15) is 0 Å². The topological polar surface area (TPSA) is 45.8 Å². The highest BCUT2D eigenvalue weighted by molar-refractivity contribution is 9.10. The summed E-state index contributed by atoms with van der Waals surface area (Å²) in [6.45, 7) is 1.83. The molecule has 1 heterocycles. The molecular formula is C11H15BrN2O. The van der Waals surface area contributed by atoms with E-state index in [9.17, 15) is 4.79 Å². The Bertz CT molecular complexity index is 408. The van der Waals surface area contributed by atoms with E-state index >= 15 is 0 Å². The van der Waals surface area contributed by atoms with Crippen molar-refractivity contribution in [1.82, 2.24) is 9.97 Å². The van der Waals surface area contributed by atoms with Crippen LogP contribution in [0, 0.1) is 6.92 Å². The molecule has 1 aliphatic rings. The third kappa shape index (κ3) is 2.30. The van der Waals surface area contributed by atoms with Gasteiger partial charge < -0.3 is 4.98 Å². The molecule has 0 saturated heterocycles. The number of nitrogens with zero attached hydrogens (tertiary/aromatic N) is 1. The van der Waals surface area contributed by atoms with Gasteiger partial charge in [-0.3, -0.25) is 4.79 Å². The van der Waals surface area contributed by atoms with Gasteiger partial charge in [0.25, 0.3) is 5.56 Å². The highest BCUT2D eigenvalue weighted by Gasteiger charge is 2.20. The van der Waals surface area contributed by atoms with E-state index in [0.717, 1.165) is 18.5 Å². The van der Waals surface area contributed by atoms with Gasteiger partial charge in [-0.25, -0.2) is 4.98 Å². The summed E-state index contributed by atoms with van der Waals surface area (Å²) in [7, 11) is 0. The fraction of sp³-hybridized carbons (Fsp3) is 0.636. The predicted molar refractivity (Wildman–Crippen MR) is 63.1 cm³/mol. The summed E-state index contributed by atoms with van der Waals surface area (Å²) in [5, 5.41) is 0. The van der Waals surface area contributed by atoms with E-state index in [2.05, 4.69) is 25.9 Å². The Morgan fingerprint density at radius 3 is 2.67 bits per heavy atom. The molecule has 1 N–H and O–H groups in total. The molecule has 1 aliphatic carbocycles. The Kier molecular flexibility index (Phi) is 3.24. The first kappa shape index (κ1) is 10.9. The van der Waals surface area contributed by atoms with Crippen LogP contribution in [0.3, 0.4) is 0 Å². The number of rotatable bonds is 1. The lowest BCUT2D eigenvalue weighted by Crippen LogP contribution is -2.17. The molecule has 1 saturated carbocycles. The zero-order valence-electron chi connectivity index (χ0n) is 8.85. The molecule has 1 aromatic heterocycles. The molecule has 0 bridgehead atoms. The summed E-state index contributed by atoms with van der Waals surface area (Å²) >= 11 is 3.34. The molecule has 0 spiro atoms. The quantitative estimate of drug-likeness (QED) is 0.853. The molecular weight excluding hydrogens is 256 g/mol. The lowest BCUT2D eigenvalue weighted by Gasteiger charge is -2.21. The summed E-state index contributed by atoms with van der Waals surface area (Å²) in [4.78, 5) is 18.7. The van der Waals surface area contributed by atoms with Crippen LogP contribution in [0.15, 0.2) is 9.27 Å². The van der Waals surface area contributed by atoms with Gasteiger partial charge in [-0.05, 0) is 35.7 Å². The van der Waals surface area contributed by atoms with Gasteiger partial charge in [0.1, 0.15) is 10.3 Å². The zero-order chi connectivity index (χ0) is 10.8. The maximum Gasteiger partial charge on any atom is 0.265 e. The minimum Gasteiger partial charge on any atom is -0.310 e. The molecule has 4 heteroatoms. The molecule has 82 valence electrons. The van der Waals surface area contributed by atoms with Crippen molar-refractivity contribution in [3.8, 4) is 0 Å². The van der Waals surface area contributed by atoms with Crippen LogP contribution in [0.5, 0.6) is 0 Å². The summed E-state index contributed by atoms with van der Waals surface area (Å²) in [5.74, 6) is 1.18. The van der Waals surface area contributed by atoms with Crippen LogP contribution in [-0.4, -0.2) is 9.97 Å². The largest absolute Gasteiger partial charge is 0.310 e. The van der Waals surface area contributed by atoms with Crippen molar-refractivity contribution < 1.29 is 0 Å². The molecule has 0 aliphatic heterocycles. The van der Waals surface area contributed by atoms with Crippen molar-refractivity contribution in [2.45, 2.75) is 44.9 Å². The molecule has 1 fully saturated rings. The molecule has 0 aromatic carbocycles. The average Bonchev–Trinajstić information content (AvgIpc) is 2.24. The first-order chi connectivity index (χ1) is 7.18. The van der Waals surface area contributed by atoms with E-state index in [-0.39, 0.29) is 5.56 Å². The van der Waals surface area contributed by atoms with Crippen LogP contribution in [0.1, 0.15) is 49.5 Å². The number of hydrogen-bond acceptors (Lipinski definition) is 2. The molecule has 0 unspecified atom stereocenters. The molecule has 0 radical (unpaired) electrons. The van der Waals surface area contributed by atoms with Crippen molar-refractivity contribution in [1.29, 1.82) is 0 Å². The monoisotopic (exact) mass is 270 g/mol. The van der Waals surface area contributed by atoms with Gasteiger partial charge in [-0.1, -0.05) is 19.3 Å². The van der Waals surface area contributed by atoms with Crippen LogP contribution < -0.4 is 5.56 Å². The zero-order valence-corrected chi connectivity index (χ0v) is 10.4. The second kappa shape index (κ2) is 4.47. The maximum absolute atomic E-state index is 11.6. The Labute approximate surface area is 97.4 Å². The number of aryl methyl sites for hydroxylation is 1. The van der Waals surface area contributed by atoms with Gasteiger partial charge in [-0.15, -0.1) is 0 Å². The van der Waals surface area contributed by atoms with Crippen molar-refractivity contribution in [2.24, 2.45) is 0 Å². The number of nitrogens with one attached hydrogen (secondary N) is 1. The highest BCUT2D eigenvalue weighted by Crippen LogP contribution is 2.33. The second-order valence-corrected chi connectivity index (χ2v) is 4.98. The molecule has 2 rings (SSSR count). The van der Waals surface area contributed by atoms with Crippen LogP contribution >= 0.6 is 15.9 Å². The Hall–Kier alpha value is -0.640. The van der Waals surface area contributed by atoms with E-state index < -0.39 is 0 Å². The standard InChI is InChI=1S/C11H15BrN2O/c1-7-13-10(9(12)11(15)14-7)8-5-3-2-4-6-8/h8H,2-6H2,1H3,(H,13,14,15). The van der Waals surface area contributed by atoms with Gasteiger partial charge in [0.15, 0.2) is 0 Å². The summed E-state index contributed by atoms with van der Waals surface area (Å²) in [6, 6.07) is 0. The van der Waals surface area contributed by atoms with Crippen molar-refractivity contribution >= 4 is 15.9 Å². The van der Waals surface area contributed by atoms with Crippen LogP contribution in [0.25, 0.3) is 0 Å². The van der Waals surface area contributed by atoms with Crippen LogP contribution in [0.4, 0.5) is 0 Å². The number of H-pyrrole nitrogens is 1. The van der Waals surface area contributed by atoms with Gasteiger partial charge in [0, 0.05) is 5.92 Å². The summed E-state index contributed by atoms with van der Waals surface area (Å²) < 4.78 is 0.625. The van der Waals surface area contributed by atoms with Gasteiger partial charge in [0.05, 0.1) is 5.69 Å².